The minimum atomic E-state index is -0.671. The molecule has 0 aromatic heterocycles. The Hall–Kier alpha value is -3.59. The van der Waals surface area contributed by atoms with Crippen molar-refractivity contribution in [3.63, 3.8) is 0 Å². The summed E-state index contributed by atoms with van der Waals surface area (Å²) in [6, 6.07) is 12.7. The van der Waals surface area contributed by atoms with Crippen LogP contribution in [0.15, 0.2) is 54.1 Å². The van der Waals surface area contributed by atoms with Crippen molar-refractivity contribution in [3.05, 3.63) is 69.8 Å². The molecule has 3 rings (SSSR count). The molecule has 1 N–H and O–H groups in total. The molecule has 0 atom stereocenters. The summed E-state index contributed by atoms with van der Waals surface area (Å²) in [5.41, 5.74) is 0.346. The van der Waals surface area contributed by atoms with Gasteiger partial charge < -0.3 is 4.74 Å². The molecule has 0 saturated carbocycles. The van der Waals surface area contributed by atoms with Crippen molar-refractivity contribution >= 4 is 46.6 Å². The lowest BCUT2D eigenvalue weighted by Gasteiger charge is -2.28. The number of ether oxygens (including phenoxy) is 1. The second-order valence-electron chi connectivity index (χ2n) is 5.48. The van der Waals surface area contributed by atoms with E-state index in [1.165, 1.54) is 36.3 Å². The molecule has 1 aliphatic heterocycles. The highest BCUT2D eigenvalue weighted by Gasteiger charge is 2.34. The van der Waals surface area contributed by atoms with E-state index < -0.39 is 16.7 Å². The summed E-state index contributed by atoms with van der Waals surface area (Å²) in [5.74, 6) is -1.21. The fraction of sp³-hybridized carbons (Fsp3) is 0.0556. The Morgan fingerprint density at radius 2 is 1.89 bits per heavy atom. The minimum absolute atomic E-state index is 0.0333. The van der Waals surface area contributed by atoms with Crippen LogP contribution in [0.1, 0.15) is 5.56 Å². The van der Waals surface area contributed by atoms with Gasteiger partial charge in [0, 0.05) is 6.07 Å². The third-order valence-electron chi connectivity index (χ3n) is 3.83. The predicted octanol–water partition coefficient (Wildman–Crippen LogP) is 2.43. The van der Waals surface area contributed by atoms with Crippen molar-refractivity contribution in [2.75, 3.05) is 12.0 Å². The first-order chi connectivity index (χ1) is 12.9. The van der Waals surface area contributed by atoms with Crippen LogP contribution in [0.25, 0.3) is 6.08 Å². The highest BCUT2D eigenvalue weighted by molar-refractivity contribution is 7.80. The van der Waals surface area contributed by atoms with Gasteiger partial charge in [0.2, 0.25) is 0 Å². The lowest BCUT2D eigenvalue weighted by Crippen LogP contribution is -2.54. The topological polar surface area (TPSA) is 102 Å². The Kier molecular flexibility index (Phi) is 4.95. The van der Waals surface area contributed by atoms with Crippen LogP contribution in [-0.2, 0) is 9.59 Å². The first-order valence-electron chi connectivity index (χ1n) is 7.71. The molecule has 0 spiro atoms. The number of carbonyl (C=O) groups excluding carboxylic acids is 2. The number of nitrogens with one attached hydrogen (secondary N) is 1. The molecular weight excluding hydrogens is 370 g/mol. The third kappa shape index (κ3) is 3.53. The number of thiocarbonyl (C=S) groups is 1. The molecule has 2 aromatic carbocycles. The lowest BCUT2D eigenvalue weighted by atomic mass is 10.1. The number of nitrogens with zero attached hydrogens (tertiary/aromatic N) is 2. The zero-order valence-electron chi connectivity index (χ0n) is 14.0. The fourth-order valence-electron chi connectivity index (χ4n) is 2.58. The van der Waals surface area contributed by atoms with Gasteiger partial charge in [0.25, 0.3) is 11.8 Å². The van der Waals surface area contributed by atoms with E-state index in [9.17, 15) is 19.7 Å². The Bertz CT molecular complexity index is 988. The molecule has 9 heteroatoms. The molecule has 0 radical (unpaired) electrons. The molecule has 1 aliphatic rings. The van der Waals surface area contributed by atoms with E-state index in [1.807, 2.05) is 0 Å². The molecule has 0 unspecified atom stereocenters. The number of amides is 2. The van der Waals surface area contributed by atoms with Gasteiger partial charge in [-0.25, -0.2) is 0 Å². The minimum Gasteiger partial charge on any atom is -0.490 e. The number of nitro benzene ring substituents is 1. The molecular formula is C18H13N3O5S. The summed E-state index contributed by atoms with van der Waals surface area (Å²) in [7, 11) is 1.32. The smallest absolute Gasteiger partial charge is 0.311 e. The molecule has 1 saturated heterocycles. The number of hydrogen-bond acceptors (Lipinski definition) is 6. The molecule has 136 valence electrons. The maximum atomic E-state index is 12.8. The molecule has 2 aromatic rings. The van der Waals surface area contributed by atoms with Crippen LogP contribution in [0.2, 0.25) is 0 Å². The van der Waals surface area contributed by atoms with Crippen molar-refractivity contribution in [3.8, 4) is 5.75 Å². The van der Waals surface area contributed by atoms with E-state index in [2.05, 4.69) is 5.32 Å². The van der Waals surface area contributed by atoms with Crippen molar-refractivity contribution in [2.24, 2.45) is 0 Å². The molecule has 1 heterocycles. The van der Waals surface area contributed by atoms with E-state index in [-0.39, 0.29) is 22.1 Å². The second-order valence-corrected chi connectivity index (χ2v) is 5.87. The van der Waals surface area contributed by atoms with Crippen LogP contribution in [0.5, 0.6) is 5.75 Å². The lowest BCUT2D eigenvalue weighted by molar-refractivity contribution is -0.385. The first-order valence-corrected chi connectivity index (χ1v) is 8.12. The third-order valence-corrected chi connectivity index (χ3v) is 4.11. The SMILES string of the molecule is COc1ccc(C=C2C(=O)NC(=S)N(c3ccccc3)C2=O)cc1[N+](=O)[O-]. The number of methoxy groups -OCH3 is 1. The van der Waals surface area contributed by atoms with Gasteiger partial charge in [-0.3, -0.25) is 29.9 Å². The summed E-state index contributed by atoms with van der Waals surface area (Å²) in [6.45, 7) is 0. The van der Waals surface area contributed by atoms with E-state index in [1.54, 1.807) is 30.3 Å². The number of benzene rings is 2. The van der Waals surface area contributed by atoms with Crippen LogP contribution in [0.3, 0.4) is 0 Å². The number of para-hydroxylation sites is 1. The van der Waals surface area contributed by atoms with Gasteiger partial charge in [-0.15, -0.1) is 0 Å². The van der Waals surface area contributed by atoms with Gasteiger partial charge in [0.05, 0.1) is 17.7 Å². The normalized spacial score (nSPS) is 15.7. The number of carbonyl (C=O) groups is 2. The van der Waals surface area contributed by atoms with Gasteiger partial charge in [0.1, 0.15) is 5.57 Å². The van der Waals surface area contributed by atoms with Crippen molar-refractivity contribution in [2.45, 2.75) is 0 Å². The maximum absolute atomic E-state index is 12.8. The van der Waals surface area contributed by atoms with E-state index in [0.29, 0.717) is 11.3 Å². The summed E-state index contributed by atoms with van der Waals surface area (Å²) < 4.78 is 4.95. The maximum Gasteiger partial charge on any atom is 0.311 e. The Morgan fingerprint density at radius 3 is 2.52 bits per heavy atom. The highest BCUT2D eigenvalue weighted by atomic mass is 32.1. The summed E-state index contributed by atoms with van der Waals surface area (Å²) in [4.78, 5) is 36.9. The summed E-state index contributed by atoms with van der Waals surface area (Å²) in [6.07, 6.45) is 1.28. The van der Waals surface area contributed by atoms with Crippen molar-refractivity contribution in [1.29, 1.82) is 0 Å². The van der Waals surface area contributed by atoms with Crippen molar-refractivity contribution in [1.82, 2.24) is 5.32 Å². The average molecular weight is 383 g/mol. The quantitative estimate of drug-likeness (QED) is 0.286. The van der Waals surface area contributed by atoms with Gasteiger partial charge in [0.15, 0.2) is 10.9 Å². The fourth-order valence-corrected chi connectivity index (χ4v) is 2.86. The van der Waals surface area contributed by atoms with Crippen LogP contribution in [0, 0.1) is 10.1 Å². The Morgan fingerprint density at radius 1 is 1.19 bits per heavy atom. The zero-order valence-corrected chi connectivity index (χ0v) is 14.9. The number of rotatable bonds is 4. The van der Waals surface area contributed by atoms with Crippen LogP contribution < -0.4 is 15.0 Å². The average Bonchev–Trinajstić information content (AvgIpc) is 2.65. The number of nitro groups is 1. The zero-order chi connectivity index (χ0) is 19.6. The summed E-state index contributed by atoms with van der Waals surface area (Å²) >= 11 is 5.11. The molecule has 1 fully saturated rings. The molecule has 27 heavy (non-hydrogen) atoms. The van der Waals surface area contributed by atoms with Gasteiger partial charge in [-0.05, 0) is 42.1 Å². The van der Waals surface area contributed by atoms with E-state index >= 15 is 0 Å². The van der Waals surface area contributed by atoms with E-state index in [0.717, 1.165) is 0 Å². The van der Waals surface area contributed by atoms with Gasteiger partial charge in [-0.1, -0.05) is 24.3 Å². The second kappa shape index (κ2) is 7.34. The largest absolute Gasteiger partial charge is 0.490 e. The van der Waals surface area contributed by atoms with E-state index in [4.69, 9.17) is 17.0 Å². The highest BCUT2D eigenvalue weighted by Crippen LogP contribution is 2.29. The predicted molar refractivity (Wildman–Crippen MR) is 102 cm³/mol. The van der Waals surface area contributed by atoms with Crippen molar-refractivity contribution < 1.29 is 19.2 Å². The Balaban J connectivity index is 2.03. The molecule has 0 aliphatic carbocycles. The Labute approximate surface area is 159 Å². The molecule has 0 bridgehead atoms. The van der Waals surface area contributed by atoms with Crippen LogP contribution >= 0.6 is 12.2 Å². The van der Waals surface area contributed by atoms with Crippen LogP contribution in [0.4, 0.5) is 11.4 Å². The first kappa shape index (κ1) is 18.2. The monoisotopic (exact) mass is 383 g/mol. The standard InChI is InChI=1S/C18H13N3O5S/c1-26-15-8-7-11(10-14(15)21(24)25)9-13-16(22)19-18(27)20(17(13)23)12-5-3-2-4-6-12/h2-10H,1H3,(H,19,22,27). The number of anilines is 1. The summed E-state index contributed by atoms with van der Waals surface area (Å²) in [5, 5.41) is 13.6. The molecule has 8 nitrogen and oxygen atoms in total. The van der Waals surface area contributed by atoms with Gasteiger partial charge in [-0.2, -0.15) is 0 Å². The number of hydrogen-bond donors (Lipinski definition) is 1. The van der Waals surface area contributed by atoms with Crippen LogP contribution in [-0.4, -0.2) is 29.0 Å². The van der Waals surface area contributed by atoms with Gasteiger partial charge >= 0.3 is 5.69 Å². The molecule has 2 amide bonds.